The molecule has 0 saturated heterocycles. The summed E-state index contributed by atoms with van der Waals surface area (Å²) in [5.41, 5.74) is 9.89. The van der Waals surface area contributed by atoms with Crippen molar-refractivity contribution in [3.63, 3.8) is 0 Å². The molecule has 3 atom stereocenters. The SMILES string of the molecule is COc1ccc(COC[C@@H](N)[C@@H](OCc2ccc(OC)cc2)[C@@H](CO[Si](C)(C)C(C)(C)C)OCc2ccc(OC)cc2)cc1. The highest BCUT2D eigenvalue weighted by Crippen LogP contribution is 2.37. The number of ether oxygens (including phenoxy) is 6. The van der Waals surface area contributed by atoms with Gasteiger partial charge < -0.3 is 38.6 Å². The van der Waals surface area contributed by atoms with Crippen LogP contribution >= 0.6 is 0 Å². The average Bonchev–Trinajstić information content (AvgIpc) is 3.02. The minimum absolute atomic E-state index is 0.0383. The Morgan fingerprint density at radius 3 is 1.43 bits per heavy atom. The highest BCUT2D eigenvalue weighted by molar-refractivity contribution is 6.74. The van der Waals surface area contributed by atoms with Gasteiger partial charge in [-0.05, 0) is 71.2 Å². The number of rotatable bonds is 18. The summed E-state index contributed by atoms with van der Waals surface area (Å²) in [5, 5.41) is 0.0383. The molecular formula is C35H51NO7Si. The maximum absolute atomic E-state index is 6.84. The fourth-order valence-corrected chi connectivity index (χ4v) is 5.23. The molecule has 242 valence electrons. The molecule has 0 fully saturated rings. The van der Waals surface area contributed by atoms with Crippen LogP contribution in [0.5, 0.6) is 17.2 Å². The number of benzene rings is 3. The summed E-state index contributed by atoms with van der Waals surface area (Å²) < 4.78 is 41.8. The van der Waals surface area contributed by atoms with E-state index in [0.717, 1.165) is 33.9 Å². The first-order valence-corrected chi connectivity index (χ1v) is 18.0. The summed E-state index contributed by atoms with van der Waals surface area (Å²) in [7, 11) is 2.87. The van der Waals surface area contributed by atoms with Crippen molar-refractivity contribution in [2.75, 3.05) is 34.5 Å². The van der Waals surface area contributed by atoms with Crippen molar-refractivity contribution < 1.29 is 32.8 Å². The van der Waals surface area contributed by atoms with Gasteiger partial charge in [-0.25, -0.2) is 0 Å². The van der Waals surface area contributed by atoms with E-state index in [0.29, 0.717) is 26.4 Å². The van der Waals surface area contributed by atoms with Gasteiger partial charge in [0.2, 0.25) is 0 Å². The van der Waals surface area contributed by atoms with Crippen LogP contribution in [0.4, 0.5) is 0 Å². The van der Waals surface area contributed by atoms with Crippen LogP contribution in [0.2, 0.25) is 18.1 Å². The number of methoxy groups -OCH3 is 3. The highest BCUT2D eigenvalue weighted by atomic mass is 28.4. The van der Waals surface area contributed by atoms with E-state index < -0.39 is 26.6 Å². The summed E-state index contributed by atoms with van der Waals surface area (Å²) in [6.45, 7) is 12.9. The van der Waals surface area contributed by atoms with Crippen molar-refractivity contribution in [1.82, 2.24) is 0 Å². The third-order valence-corrected chi connectivity index (χ3v) is 12.7. The van der Waals surface area contributed by atoms with Gasteiger partial charge in [0.05, 0.1) is 60.4 Å². The Morgan fingerprint density at radius 2 is 1.02 bits per heavy atom. The lowest BCUT2D eigenvalue weighted by atomic mass is 10.1. The van der Waals surface area contributed by atoms with Gasteiger partial charge in [-0.1, -0.05) is 57.2 Å². The van der Waals surface area contributed by atoms with E-state index >= 15 is 0 Å². The molecule has 0 heterocycles. The van der Waals surface area contributed by atoms with Crippen LogP contribution in [0.15, 0.2) is 72.8 Å². The van der Waals surface area contributed by atoms with Crippen LogP contribution in [0, 0.1) is 0 Å². The Balaban J connectivity index is 1.81. The fourth-order valence-electron chi connectivity index (χ4n) is 4.22. The molecule has 0 aliphatic carbocycles. The van der Waals surface area contributed by atoms with Gasteiger partial charge in [-0.15, -0.1) is 0 Å². The van der Waals surface area contributed by atoms with E-state index in [9.17, 15) is 0 Å². The topological polar surface area (TPSA) is 90.6 Å². The van der Waals surface area contributed by atoms with Gasteiger partial charge in [0.1, 0.15) is 29.5 Å². The summed E-state index contributed by atoms with van der Waals surface area (Å²) in [6, 6.07) is 23.0. The Bertz CT molecular complexity index is 1230. The van der Waals surface area contributed by atoms with Crippen molar-refractivity contribution in [2.24, 2.45) is 5.73 Å². The average molecular weight is 626 g/mol. The summed E-state index contributed by atoms with van der Waals surface area (Å²) in [4.78, 5) is 0. The summed E-state index contributed by atoms with van der Waals surface area (Å²) in [5.74, 6) is 2.39. The first kappa shape index (κ1) is 35.6. The minimum Gasteiger partial charge on any atom is -0.497 e. The van der Waals surface area contributed by atoms with Gasteiger partial charge >= 0.3 is 0 Å². The third kappa shape index (κ3) is 10.9. The second-order valence-corrected chi connectivity index (χ2v) is 17.2. The van der Waals surface area contributed by atoms with E-state index in [1.807, 2.05) is 72.8 Å². The van der Waals surface area contributed by atoms with E-state index in [1.165, 1.54) is 0 Å². The predicted molar refractivity (Wildman–Crippen MR) is 177 cm³/mol. The molecule has 0 unspecified atom stereocenters. The normalized spacial score (nSPS) is 14.1. The zero-order valence-corrected chi connectivity index (χ0v) is 28.6. The molecule has 0 aromatic heterocycles. The Labute approximate surface area is 264 Å². The molecule has 44 heavy (non-hydrogen) atoms. The van der Waals surface area contributed by atoms with Crippen LogP contribution in [0.1, 0.15) is 37.5 Å². The zero-order valence-electron chi connectivity index (χ0n) is 27.6. The van der Waals surface area contributed by atoms with Crippen molar-refractivity contribution in [3.8, 4) is 17.2 Å². The van der Waals surface area contributed by atoms with Crippen LogP contribution in [0.3, 0.4) is 0 Å². The van der Waals surface area contributed by atoms with Gasteiger partial charge in [0.15, 0.2) is 8.32 Å². The summed E-state index contributed by atoms with van der Waals surface area (Å²) >= 11 is 0. The van der Waals surface area contributed by atoms with Crippen molar-refractivity contribution in [3.05, 3.63) is 89.5 Å². The summed E-state index contributed by atoms with van der Waals surface area (Å²) in [6.07, 6.45) is -0.944. The number of hydrogen-bond donors (Lipinski definition) is 1. The lowest BCUT2D eigenvalue weighted by Crippen LogP contribution is -2.52. The molecule has 3 aromatic rings. The molecule has 0 amide bonds. The first-order valence-electron chi connectivity index (χ1n) is 15.0. The standard InChI is InChI=1S/C35H51NO7Si/c1-35(2,3)44(7,8)43-25-33(41-22-27-11-17-30(38-5)18-12-27)34(42-23-28-13-19-31(39-6)20-14-28)32(36)24-40-21-26-9-15-29(37-4)16-10-26/h9-20,32-34H,21-25,36H2,1-8H3/t32-,33-,34-/m1/s1. The van der Waals surface area contributed by atoms with Crippen LogP contribution in [0.25, 0.3) is 0 Å². The van der Waals surface area contributed by atoms with E-state index in [4.69, 9.17) is 38.6 Å². The molecule has 8 nitrogen and oxygen atoms in total. The maximum Gasteiger partial charge on any atom is 0.192 e. The quantitative estimate of drug-likeness (QED) is 0.155. The van der Waals surface area contributed by atoms with E-state index in [2.05, 4.69) is 33.9 Å². The largest absolute Gasteiger partial charge is 0.497 e. The number of hydrogen-bond acceptors (Lipinski definition) is 8. The Hall–Kier alpha value is -2.92. The Morgan fingerprint density at radius 1 is 0.614 bits per heavy atom. The number of nitrogens with two attached hydrogens (primary N) is 1. The van der Waals surface area contributed by atoms with Crippen molar-refractivity contribution in [2.45, 2.75) is 77.0 Å². The van der Waals surface area contributed by atoms with Gasteiger partial charge in [-0.2, -0.15) is 0 Å². The van der Waals surface area contributed by atoms with Crippen LogP contribution < -0.4 is 19.9 Å². The molecule has 0 aliphatic rings. The lowest BCUT2D eigenvalue weighted by molar-refractivity contribution is -0.118. The van der Waals surface area contributed by atoms with Crippen molar-refractivity contribution in [1.29, 1.82) is 0 Å². The van der Waals surface area contributed by atoms with Crippen LogP contribution in [-0.2, 0) is 38.5 Å². The molecular weight excluding hydrogens is 574 g/mol. The molecule has 3 aromatic carbocycles. The molecule has 0 saturated carbocycles. The zero-order chi connectivity index (χ0) is 32.2. The van der Waals surface area contributed by atoms with Crippen molar-refractivity contribution >= 4 is 8.32 Å². The Kier molecular flexibility index (Phi) is 13.7. The second kappa shape index (κ2) is 17.0. The highest BCUT2D eigenvalue weighted by Gasteiger charge is 2.39. The van der Waals surface area contributed by atoms with E-state index in [1.54, 1.807) is 21.3 Å². The predicted octanol–water partition coefficient (Wildman–Crippen LogP) is 6.75. The lowest BCUT2D eigenvalue weighted by Gasteiger charge is -2.39. The smallest absolute Gasteiger partial charge is 0.192 e. The van der Waals surface area contributed by atoms with Gasteiger partial charge in [0, 0.05) is 0 Å². The molecule has 0 radical (unpaired) electrons. The molecule has 3 rings (SSSR count). The van der Waals surface area contributed by atoms with Gasteiger partial charge in [-0.3, -0.25) is 0 Å². The molecule has 0 spiro atoms. The maximum atomic E-state index is 6.84. The molecule has 0 aliphatic heterocycles. The van der Waals surface area contributed by atoms with Crippen LogP contribution in [-0.4, -0.2) is 61.1 Å². The monoisotopic (exact) mass is 625 g/mol. The molecule has 0 bridgehead atoms. The first-order chi connectivity index (χ1) is 21.0. The molecule has 9 heteroatoms. The third-order valence-electron chi connectivity index (χ3n) is 8.17. The molecule has 2 N–H and O–H groups in total. The van der Waals surface area contributed by atoms with Gasteiger partial charge in [0.25, 0.3) is 0 Å². The second-order valence-electron chi connectivity index (χ2n) is 12.4. The minimum atomic E-state index is -2.09. The van der Waals surface area contributed by atoms with E-state index in [-0.39, 0.29) is 11.6 Å². The fraction of sp³-hybridized carbons (Fsp3) is 0.486.